The third-order valence-corrected chi connectivity index (χ3v) is 6.28. The van der Waals surface area contributed by atoms with E-state index in [0.29, 0.717) is 4.91 Å². The van der Waals surface area contributed by atoms with Crippen molar-refractivity contribution in [3.05, 3.63) is 51.1 Å². The lowest BCUT2D eigenvalue weighted by Crippen LogP contribution is -2.42. The Bertz CT molecular complexity index is 1020. The van der Waals surface area contributed by atoms with Crippen LogP contribution in [-0.2, 0) is 9.59 Å². The van der Waals surface area contributed by atoms with Gasteiger partial charge < -0.3 is 15.1 Å². The van der Waals surface area contributed by atoms with Crippen LogP contribution in [0.25, 0.3) is 6.08 Å². The Kier molecular flexibility index (Phi) is 6.36. The van der Waals surface area contributed by atoms with Crippen molar-refractivity contribution >= 4 is 63.3 Å². The van der Waals surface area contributed by atoms with Crippen LogP contribution in [0.3, 0.4) is 0 Å². The molecule has 1 aliphatic rings. The maximum atomic E-state index is 12.6. The van der Waals surface area contributed by atoms with E-state index in [0.717, 1.165) is 22.7 Å². The van der Waals surface area contributed by atoms with Crippen LogP contribution < -0.4 is 0 Å². The Morgan fingerprint density at radius 3 is 2.66 bits per heavy atom. The highest BCUT2D eigenvalue weighted by atomic mass is 32.2. The van der Waals surface area contributed by atoms with Gasteiger partial charge in [0.15, 0.2) is 17.3 Å². The van der Waals surface area contributed by atoms with Crippen LogP contribution >= 0.6 is 35.3 Å². The van der Waals surface area contributed by atoms with E-state index in [2.05, 4.69) is 0 Å². The number of likely N-dealkylation sites (N-methyl/N-ethyl adjacent to an activating group) is 1. The van der Waals surface area contributed by atoms with Gasteiger partial charge in [-0.15, -0.1) is 11.3 Å². The fourth-order valence-corrected chi connectivity index (χ4v) is 4.46. The first kappa shape index (κ1) is 21.0. The molecule has 2 N–H and O–H groups in total. The van der Waals surface area contributed by atoms with Crippen molar-refractivity contribution in [1.82, 2.24) is 9.80 Å². The molecule has 0 spiro atoms. The molecule has 2 amide bonds. The van der Waals surface area contributed by atoms with Gasteiger partial charge in [-0.05, 0) is 35.7 Å². The molecule has 0 bridgehead atoms. The van der Waals surface area contributed by atoms with E-state index in [9.17, 15) is 24.6 Å². The highest BCUT2D eigenvalue weighted by molar-refractivity contribution is 8.26. The van der Waals surface area contributed by atoms with E-state index in [1.165, 1.54) is 40.3 Å². The predicted molar refractivity (Wildman–Crippen MR) is 116 cm³/mol. The molecule has 1 saturated heterocycles. The maximum absolute atomic E-state index is 12.6. The van der Waals surface area contributed by atoms with Crippen LogP contribution in [0.2, 0.25) is 0 Å². The molecule has 2 heterocycles. The molecule has 1 aromatic carbocycles. The summed E-state index contributed by atoms with van der Waals surface area (Å²) >= 11 is 7.85. The summed E-state index contributed by atoms with van der Waals surface area (Å²) in [6.07, 6.45) is 1.74. The van der Waals surface area contributed by atoms with Crippen molar-refractivity contribution < 1.29 is 24.6 Å². The van der Waals surface area contributed by atoms with Crippen molar-refractivity contribution in [3.8, 4) is 11.5 Å². The molecule has 0 atom stereocenters. The summed E-state index contributed by atoms with van der Waals surface area (Å²) < 4.78 is 0.286. The van der Waals surface area contributed by atoms with Gasteiger partial charge in [-0.2, -0.15) is 0 Å². The topological polar surface area (TPSA) is 98.2 Å². The van der Waals surface area contributed by atoms with E-state index < -0.39 is 17.4 Å². The van der Waals surface area contributed by atoms with Gasteiger partial charge in [0.25, 0.3) is 5.91 Å². The minimum atomic E-state index is -0.449. The first-order valence-electron chi connectivity index (χ1n) is 8.34. The number of Topliss-reactive ketones (excluding diaryl/α,β-unsaturated/α-hetero) is 1. The smallest absolute Gasteiger partial charge is 0.266 e. The van der Waals surface area contributed by atoms with Crippen LogP contribution in [0, 0.1) is 0 Å². The summed E-state index contributed by atoms with van der Waals surface area (Å²) in [7, 11) is 1.44. The van der Waals surface area contributed by atoms with E-state index in [-0.39, 0.29) is 34.6 Å². The van der Waals surface area contributed by atoms with E-state index in [1.807, 2.05) is 17.5 Å². The molecular formula is C19H16N2O5S3. The van der Waals surface area contributed by atoms with Crippen LogP contribution in [0.15, 0.2) is 40.6 Å². The minimum Gasteiger partial charge on any atom is -0.504 e. The number of phenols is 2. The summed E-state index contributed by atoms with van der Waals surface area (Å²) in [6.45, 7) is -0.514. The zero-order valence-electron chi connectivity index (χ0n) is 15.2. The Morgan fingerprint density at radius 2 is 2.00 bits per heavy atom. The molecule has 150 valence electrons. The highest BCUT2D eigenvalue weighted by Gasteiger charge is 2.34. The lowest BCUT2D eigenvalue weighted by atomic mass is 10.1. The quantitative estimate of drug-likeness (QED) is 0.303. The molecule has 29 heavy (non-hydrogen) atoms. The molecule has 0 aliphatic carbocycles. The van der Waals surface area contributed by atoms with Gasteiger partial charge in [0, 0.05) is 17.5 Å². The average molecular weight is 449 g/mol. The fraction of sp³-hybridized carbons (Fsp3) is 0.158. The summed E-state index contributed by atoms with van der Waals surface area (Å²) in [5.41, 5.74) is 0.157. The Labute approximate surface area is 180 Å². The number of thiocarbonyl (C=S) groups is 1. The number of aromatic hydroxyl groups is 2. The Balaban J connectivity index is 1.63. The molecule has 3 rings (SSSR count). The molecule has 0 unspecified atom stereocenters. The number of thioether (sulfide) groups is 1. The van der Waals surface area contributed by atoms with Crippen LogP contribution in [0.1, 0.15) is 15.2 Å². The molecular weight excluding hydrogens is 432 g/mol. The second kappa shape index (κ2) is 8.76. The van der Waals surface area contributed by atoms with E-state index in [1.54, 1.807) is 6.08 Å². The molecule has 2 aromatic rings. The number of benzene rings is 1. The summed E-state index contributed by atoms with van der Waals surface area (Å²) in [5.74, 6) is -1.96. The number of phenolic OH excluding ortho intramolecular Hbond substituents is 2. The van der Waals surface area contributed by atoms with Gasteiger partial charge in [0.05, 0.1) is 11.4 Å². The van der Waals surface area contributed by atoms with Crippen molar-refractivity contribution in [2.24, 2.45) is 0 Å². The Morgan fingerprint density at radius 1 is 1.24 bits per heavy atom. The normalized spacial score (nSPS) is 15.2. The second-order valence-corrected chi connectivity index (χ2v) is 8.81. The van der Waals surface area contributed by atoms with Gasteiger partial charge in [-0.1, -0.05) is 30.0 Å². The van der Waals surface area contributed by atoms with Crippen molar-refractivity contribution in [2.75, 3.05) is 20.1 Å². The minimum absolute atomic E-state index is 0.157. The maximum Gasteiger partial charge on any atom is 0.266 e. The number of thiophene rings is 1. The van der Waals surface area contributed by atoms with Gasteiger partial charge in [-0.25, -0.2) is 0 Å². The monoisotopic (exact) mass is 448 g/mol. The highest BCUT2D eigenvalue weighted by Crippen LogP contribution is 2.33. The Hall–Kier alpha value is -2.69. The van der Waals surface area contributed by atoms with Gasteiger partial charge in [-0.3, -0.25) is 19.3 Å². The number of hydrogen-bond donors (Lipinski definition) is 2. The number of hydrogen-bond acceptors (Lipinski definition) is 8. The molecule has 7 nitrogen and oxygen atoms in total. The molecule has 0 saturated carbocycles. The number of nitrogens with zero attached hydrogens (tertiary/aromatic N) is 2. The molecule has 1 aliphatic heterocycles. The molecule has 0 radical (unpaired) electrons. The molecule has 10 heteroatoms. The third-order valence-electron chi connectivity index (χ3n) is 4.09. The zero-order valence-corrected chi connectivity index (χ0v) is 17.6. The first-order chi connectivity index (χ1) is 13.8. The number of carbonyl (C=O) groups excluding carboxylic acids is 3. The third kappa shape index (κ3) is 4.84. The average Bonchev–Trinajstić information content (AvgIpc) is 3.28. The van der Waals surface area contributed by atoms with Gasteiger partial charge in [0.2, 0.25) is 5.91 Å². The largest absolute Gasteiger partial charge is 0.504 e. The van der Waals surface area contributed by atoms with Crippen LogP contribution in [0.5, 0.6) is 11.5 Å². The van der Waals surface area contributed by atoms with Crippen LogP contribution in [0.4, 0.5) is 0 Å². The van der Waals surface area contributed by atoms with Crippen LogP contribution in [-0.4, -0.2) is 62.1 Å². The second-order valence-electron chi connectivity index (χ2n) is 6.16. The number of carbonyl (C=O) groups is 3. The standard InChI is InChI=1S/C19H16N2O5S3/c1-20(9-15(24)11-4-5-13(22)14(23)7-11)17(25)10-21-18(26)16(29-19(21)27)8-12-3-2-6-28-12/h2-8,22-23H,9-10H2,1H3. The van der Waals surface area contributed by atoms with E-state index in [4.69, 9.17) is 12.2 Å². The van der Waals surface area contributed by atoms with Crippen molar-refractivity contribution in [2.45, 2.75) is 0 Å². The summed E-state index contributed by atoms with van der Waals surface area (Å²) in [6, 6.07) is 7.44. The predicted octanol–water partition coefficient (Wildman–Crippen LogP) is 2.70. The lowest BCUT2D eigenvalue weighted by Gasteiger charge is -2.20. The van der Waals surface area contributed by atoms with Gasteiger partial charge in [0.1, 0.15) is 10.9 Å². The van der Waals surface area contributed by atoms with Crippen molar-refractivity contribution in [1.29, 1.82) is 0 Å². The molecule has 1 fully saturated rings. The zero-order chi connectivity index (χ0) is 21.1. The van der Waals surface area contributed by atoms with E-state index >= 15 is 0 Å². The number of ketones is 1. The SMILES string of the molecule is CN(CC(=O)c1ccc(O)c(O)c1)C(=O)CN1C(=O)C(=Cc2cccs2)SC1=S. The lowest BCUT2D eigenvalue weighted by molar-refractivity contribution is -0.134. The fourth-order valence-electron chi connectivity index (χ4n) is 2.49. The van der Waals surface area contributed by atoms with Crippen molar-refractivity contribution in [3.63, 3.8) is 0 Å². The number of rotatable bonds is 6. The van der Waals surface area contributed by atoms with Gasteiger partial charge >= 0.3 is 0 Å². The number of amides is 2. The first-order valence-corrected chi connectivity index (χ1v) is 10.4. The summed E-state index contributed by atoms with van der Waals surface area (Å²) in [4.78, 5) is 41.2. The molecule has 1 aromatic heterocycles. The summed E-state index contributed by atoms with van der Waals surface area (Å²) in [5, 5.41) is 20.7.